The van der Waals surface area contributed by atoms with Crippen molar-refractivity contribution in [3.05, 3.63) is 23.8 Å². The van der Waals surface area contributed by atoms with E-state index in [2.05, 4.69) is 10.1 Å². The van der Waals surface area contributed by atoms with Crippen molar-refractivity contribution in [2.45, 2.75) is 32.8 Å². The Labute approximate surface area is 135 Å². The number of amides is 1. The predicted octanol–water partition coefficient (Wildman–Crippen LogP) is 2.47. The van der Waals surface area contributed by atoms with E-state index in [9.17, 15) is 14.7 Å². The summed E-state index contributed by atoms with van der Waals surface area (Å²) >= 11 is 0. The smallest absolute Gasteiger partial charge is 0.407 e. The molecule has 0 aliphatic heterocycles. The maximum atomic E-state index is 11.6. The fourth-order valence-electron chi connectivity index (χ4n) is 1.71. The highest BCUT2D eigenvalue weighted by molar-refractivity contribution is 5.95. The van der Waals surface area contributed by atoms with Gasteiger partial charge in [-0.1, -0.05) is 6.07 Å². The van der Waals surface area contributed by atoms with Crippen LogP contribution in [0.1, 0.15) is 37.6 Å². The fourth-order valence-corrected chi connectivity index (χ4v) is 1.71. The number of ether oxygens (including phenoxy) is 3. The normalized spacial score (nSPS) is 10.8. The number of rotatable bonds is 6. The number of hydrogen-bond acceptors (Lipinski definition) is 6. The lowest BCUT2D eigenvalue weighted by atomic mass is 10.2. The molecule has 0 saturated carbocycles. The van der Waals surface area contributed by atoms with Crippen LogP contribution >= 0.6 is 0 Å². The predicted molar refractivity (Wildman–Crippen MR) is 83.8 cm³/mol. The van der Waals surface area contributed by atoms with Gasteiger partial charge in [0.25, 0.3) is 0 Å². The highest BCUT2D eigenvalue weighted by Crippen LogP contribution is 2.28. The topological polar surface area (TPSA) is 94.1 Å². The van der Waals surface area contributed by atoms with Crippen LogP contribution in [0.2, 0.25) is 0 Å². The zero-order valence-electron chi connectivity index (χ0n) is 13.8. The molecule has 1 amide bonds. The Balaban J connectivity index is 2.44. The van der Waals surface area contributed by atoms with Gasteiger partial charge < -0.3 is 24.6 Å². The van der Waals surface area contributed by atoms with Crippen LogP contribution in [0.15, 0.2) is 18.2 Å². The molecule has 0 aliphatic carbocycles. The molecular weight excluding hydrogens is 302 g/mol. The molecule has 0 fully saturated rings. The van der Waals surface area contributed by atoms with Gasteiger partial charge in [-0.2, -0.15) is 0 Å². The van der Waals surface area contributed by atoms with Crippen LogP contribution in [0, 0.1) is 0 Å². The van der Waals surface area contributed by atoms with Gasteiger partial charge in [0, 0.05) is 6.54 Å². The standard InChI is InChI=1S/C16H23NO6/c1-16(2,3)23-15(20)17-9-6-10-22-12-8-5-7-11(18)13(12)14(19)21-4/h5,7-8,18H,6,9-10H2,1-4H3,(H,17,20). The lowest BCUT2D eigenvalue weighted by molar-refractivity contribution is 0.0525. The van der Waals surface area contributed by atoms with Gasteiger partial charge in [-0.25, -0.2) is 9.59 Å². The lowest BCUT2D eigenvalue weighted by Gasteiger charge is -2.19. The molecule has 0 heterocycles. The quantitative estimate of drug-likeness (QED) is 0.616. The molecule has 0 unspecified atom stereocenters. The molecule has 0 bridgehead atoms. The Hall–Kier alpha value is -2.44. The fraction of sp³-hybridized carbons (Fsp3) is 0.500. The summed E-state index contributed by atoms with van der Waals surface area (Å²) in [5, 5.41) is 12.3. The zero-order valence-corrected chi connectivity index (χ0v) is 13.8. The van der Waals surface area contributed by atoms with E-state index in [4.69, 9.17) is 9.47 Å². The van der Waals surface area contributed by atoms with Crippen molar-refractivity contribution in [1.29, 1.82) is 0 Å². The summed E-state index contributed by atoms with van der Waals surface area (Å²) in [5.74, 6) is -0.652. The Morgan fingerprint density at radius 3 is 2.57 bits per heavy atom. The van der Waals surface area contributed by atoms with Crippen LogP contribution in [0.4, 0.5) is 4.79 Å². The first-order valence-electron chi connectivity index (χ1n) is 7.24. The molecule has 0 spiro atoms. The van der Waals surface area contributed by atoms with Crippen LogP contribution in [0.5, 0.6) is 11.5 Å². The van der Waals surface area contributed by atoms with Crippen molar-refractivity contribution in [1.82, 2.24) is 5.32 Å². The van der Waals surface area contributed by atoms with Crippen molar-refractivity contribution in [2.75, 3.05) is 20.3 Å². The Morgan fingerprint density at radius 1 is 1.26 bits per heavy atom. The Morgan fingerprint density at radius 2 is 1.96 bits per heavy atom. The van der Waals surface area contributed by atoms with Gasteiger partial charge in [-0.3, -0.25) is 0 Å². The van der Waals surface area contributed by atoms with E-state index >= 15 is 0 Å². The second kappa shape index (κ2) is 8.26. The van der Waals surface area contributed by atoms with Gasteiger partial charge in [0.1, 0.15) is 22.7 Å². The summed E-state index contributed by atoms with van der Waals surface area (Å²) in [6.07, 6.45) is 0.0142. The number of benzene rings is 1. The van der Waals surface area contributed by atoms with Crippen LogP contribution in [0.3, 0.4) is 0 Å². The van der Waals surface area contributed by atoms with Gasteiger partial charge in [-0.05, 0) is 39.3 Å². The van der Waals surface area contributed by atoms with Crippen molar-refractivity contribution in [2.24, 2.45) is 0 Å². The van der Waals surface area contributed by atoms with Crippen molar-refractivity contribution in [3.63, 3.8) is 0 Å². The van der Waals surface area contributed by atoms with Crippen molar-refractivity contribution in [3.8, 4) is 11.5 Å². The summed E-state index contributed by atoms with van der Waals surface area (Å²) in [6, 6.07) is 4.51. The molecule has 0 aliphatic rings. The minimum atomic E-state index is -0.676. The van der Waals surface area contributed by atoms with E-state index in [1.807, 2.05) is 0 Å². The molecule has 7 nitrogen and oxygen atoms in total. The third-order valence-electron chi connectivity index (χ3n) is 2.64. The molecular formula is C16H23NO6. The highest BCUT2D eigenvalue weighted by atomic mass is 16.6. The van der Waals surface area contributed by atoms with E-state index in [0.29, 0.717) is 13.0 Å². The third kappa shape index (κ3) is 6.46. The summed E-state index contributed by atoms with van der Waals surface area (Å²) in [5.41, 5.74) is -0.563. The number of carbonyl (C=O) groups excluding carboxylic acids is 2. The van der Waals surface area contributed by atoms with E-state index in [0.717, 1.165) is 0 Å². The monoisotopic (exact) mass is 325 g/mol. The second-order valence-electron chi connectivity index (χ2n) is 5.77. The minimum absolute atomic E-state index is 0.0184. The number of carbonyl (C=O) groups is 2. The number of esters is 1. The molecule has 0 radical (unpaired) electrons. The van der Waals surface area contributed by atoms with Crippen LogP contribution in [-0.2, 0) is 9.47 Å². The largest absolute Gasteiger partial charge is 0.507 e. The first-order chi connectivity index (χ1) is 10.7. The maximum Gasteiger partial charge on any atom is 0.407 e. The van der Waals surface area contributed by atoms with E-state index < -0.39 is 17.7 Å². The number of nitrogens with one attached hydrogen (secondary N) is 1. The van der Waals surface area contributed by atoms with E-state index in [1.54, 1.807) is 32.9 Å². The molecule has 0 saturated heterocycles. The van der Waals surface area contributed by atoms with E-state index in [1.165, 1.54) is 13.2 Å². The summed E-state index contributed by atoms with van der Waals surface area (Å²) in [6.45, 7) is 5.97. The van der Waals surface area contributed by atoms with Gasteiger partial charge in [-0.15, -0.1) is 0 Å². The number of phenolic OH excluding ortho intramolecular Hbond substituents is 1. The maximum absolute atomic E-state index is 11.6. The molecule has 23 heavy (non-hydrogen) atoms. The first-order valence-corrected chi connectivity index (χ1v) is 7.24. The zero-order chi connectivity index (χ0) is 17.5. The number of aromatic hydroxyl groups is 1. The molecule has 1 aromatic rings. The third-order valence-corrected chi connectivity index (χ3v) is 2.64. The molecule has 128 valence electrons. The van der Waals surface area contributed by atoms with Gasteiger partial charge >= 0.3 is 12.1 Å². The van der Waals surface area contributed by atoms with Crippen LogP contribution in [0.25, 0.3) is 0 Å². The average Bonchev–Trinajstić information content (AvgIpc) is 2.44. The molecule has 1 aromatic carbocycles. The second-order valence-corrected chi connectivity index (χ2v) is 5.77. The summed E-state index contributed by atoms with van der Waals surface area (Å²) in [4.78, 5) is 23.1. The average molecular weight is 325 g/mol. The van der Waals surface area contributed by atoms with Gasteiger partial charge in [0.05, 0.1) is 13.7 Å². The number of phenols is 1. The van der Waals surface area contributed by atoms with Crippen molar-refractivity contribution < 1.29 is 28.9 Å². The Bertz CT molecular complexity index is 550. The molecule has 2 N–H and O–H groups in total. The lowest BCUT2D eigenvalue weighted by Crippen LogP contribution is -2.33. The van der Waals surface area contributed by atoms with Crippen molar-refractivity contribution >= 4 is 12.1 Å². The molecule has 0 aromatic heterocycles. The molecule has 7 heteroatoms. The van der Waals surface area contributed by atoms with Gasteiger partial charge in [0.15, 0.2) is 0 Å². The van der Waals surface area contributed by atoms with Crippen LogP contribution in [-0.4, -0.2) is 43.0 Å². The highest BCUT2D eigenvalue weighted by Gasteiger charge is 2.18. The summed E-state index contributed by atoms with van der Waals surface area (Å²) < 4.78 is 15.2. The number of methoxy groups -OCH3 is 1. The summed E-state index contributed by atoms with van der Waals surface area (Å²) in [7, 11) is 1.23. The first kappa shape index (κ1) is 18.6. The van der Waals surface area contributed by atoms with E-state index in [-0.39, 0.29) is 23.7 Å². The number of alkyl carbamates (subject to hydrolysis) is 1. The van der Waals surface area contributed by atoms with Gasteiger partial charge in [0.2, 0.25) is 0 Å². The molecule has 1 rings (SSSR count). The minimum Gasteiger partial charge on any atom is -0.507 e. The van der Waals surface area contributed by atoms with Crippen LogP contribution < -0.4 is 10.1 Å². The molecule has 0 atom stereocenters. The Kier molecular flexibility index (Phi) is 6.68. The SMILES string of the molecule is COC(=O)c1c(O)cccc1OCCCNC(=O)OC(C)(C)C. The number of hydrogen-bond donors (Lipinski definition) is 2.